The molecule has 0 saturated heterocycles. The maximum atomic E-state index is 12.7. The second kappa shape index (κ2) is 7.85. The number of nitrogens with one attached hydrogen (secondary N) is 2. The maximum Gasteiger partial charge on any atom is 0.416 e. The van der Waals surface area contributed by atoms with Crippen LogP contribution in [0, 0.1) is 0 Å². The fraction of sp³-hybridized carbons (Fsp3) is 0.267. The highest BCUT2D eigenvalue weighted by Gasteiger charge is 2.30. The second-order valence-corrected chi connectivity index (χ2v) is 8.55. The van der Waals surface area contributed by atoms with Crippen LogP contribution < -0.4 is 10.6 Å². The van der Waals surface area contributed by atoms with E-state index in [-0.39, 0.29) is 26.4 Å². The van der Waals surface area contributed by atoms with Crippen LogP contribution in [0.2, 0.25) is 5.02 Å². The zero-order chi connectivity index (χ0) is 19.5. The normalized spacial score (nSPS) is 12.0. The Morgan fingerprint density at radius 2 is 1.96 bits per heavy atom. The number of amides is 2. The van der Waals surface area contributed by atoms with Gasteiger partial charge in [-0.3, -0.25) is 5.32 Å². The molecule has 0 aliphatic carbocycles. The Morgan fingerprint density at radius 3 is 2.58 bits per heavy atom. The van der Waals surface area contributed by atoms with Crippen molar-refractivity contribution in [3.63, 3.8) is 0 Å². The first kappa shape index (κ1) is 20.5. The smallest absolute Gasteiger partial charge is 0.308 e. The summed E-state index contributed by atoms with van der Waals surface area (Å²) in [4.78, 5) is 11.9. The van der Waals surface area contributed by atoms with Gasteiger partial charge < -0.3 is 5.32 Å². The summed E-state index contributed by atoms with van der Waals surface area (Å²) < 4.78 is 62.2. The van der Waals surface area contributed by atoms with Gasteiger partial charge in [-0.2, -0.15) is 13.2 Å². The van der Waals surface area contributed by atoms with Crippen molar-refractivity contribution in [1.29, 1.82) is 0 Å². The van der Waals surface area contributed by atoms with Crippen molar-refractivity contribution in [1.82, 2.24) is 0 Å². The summed E-state index contributed by atoms with van der Waals surface area (Å²) in [6.07, 6.45) is -4.12. The number of alkyl halides is 3. The van der Waals surface area contributed by atoms with Crippen LogP contribution in [0.15, 0.2) is 34.5 Å². The van der Waals surface area contributed by atoms with Crippen LogP contribution in [0.25, 0.3) is 0 Å². The molecule has 2 N–H and O–H groups in total. The molecule has 0 spiro atoms. The van der Waals surface area contributed by atoms with Gasteiger partial charge in [-0.25, -0.2) is 13.2 Å². The molecule has 5 nitrogen and oxygen atoms in total. The lowest BCUT2D eigenvalue weighted by Crippen LogP contribution is -2.19. The van der Waals surface area contributed by atoms with Gasteiger partial charge in [0.1, 0.15) is 5.00 Å². The first-order valence-electron chi connectivity index (χ1n) is 7.29. The van der Waals surface area contributed by atoms with Crippen LogP contribution in [-0.2, 0) is 16.0 Å². The number of sulfone groups is 1. The number of thiophene rings is 1. The fourth-order valence-electron chi connectivity index (χ4n) is 2.04. The summed E-state index contributed by atoms with van der Waals surface area (Å²) in [5, 5.41) is 5.87. The number of carbonyl (C=O) groups is 1. The number of anilines is 2. The van der Waals surface area contributed by atoms with Gasteiger partial charge in [0, 0.05) is 11.1 Å². The van der Waals surface area contributed by atoms with Crippen LogP contribution in [-0.4, -0.2) is 20.2 Å². The van der Waals surface area contributed by atoms with Crippen LogP contribution >= 0.6 is 22.9 Å². The predicted molar refractivity (Wildman–Crippen MR) is 95.8 cm³/mol. The number of hydrogen-bond acceptors (Lipinski definition) is 4. The highest BCUT2D eigenvalue weighted by Crippen LogP contribution is 2.37. The average molecular weight is 427 g/mol. The molecule has 0 atom stereocenters. The quantitative estimate of drug-likeness (QED) is 0.685. The topological polar surface area (TPSA) is 75.3 Å². The zero-order valence-electron chi connectivity index (χ0n) is 13.4. The van der Waals surface area contributed by atoms with E-state index in [1.54, 1.807) is 6.92 Å². The van der Waals surface area contributed by atoms with E-state index in [4.69, 9.17) is 11.6 Å². The van der Waals surface area contributed by atoms with E-state index in [0.717, 1.165) is 29.5 Å². The number of halogens is 4. The molecule has 1 aromatic heterocycles. The van der Waals surface area contributed by atoms with E-state index in [2.05, 4.69) is 10.6 Å². The molecule has 0 unspecified atom stereocenters. The van der Waals surface area contributed by atoms with Crippen LogP contribution in [0.5, 0.6) is 0 Å². The molecule has 2 aromatic rings. The summed E-state index contributed by atoms with van der Waals surface area (Å²) >= 11 is 6.93. The lowest BCUT2D eigenvalue weighted by atomic mass is 10.2. The van der Waals surface area contributed by atoms with Gasteiger partial charge in [-0.15, -0.1) is 11.3 Å². The minimum atomic E-state index is -4.53. The Hall–Kier alpha value is -1.78. The number of urea groups is 1. The Bertz CT molecular complexity index is 911. The Kier molecular flexibility index (Phi) is 6.20. The molecule has 11 heteroatoms. The van der Waals surface area contributed by atoms with Crippen LogP contribution in [0.1, 0.15) is 18.9 Å². The molecular weight excluding hydrogens is 413 g/mol. The van der Waals surface area contributed by atoms with Gasteiger partial charge >= 0.3 is 12.2 Å². The van der Waals surface area contributed by atoms with Crippen molar-refractivity contribution >= 4 is 49.5 Å². The second-order valence-electron chi connectivity index (χ2n) is 5.22. The third kappa shape index (κ3) is 4.89. The lowest BCUT2D eigenvalue weighted by molar-refractivity contribution is -0.137. The molecule has 0 saturated carbocycles. The molecule has 2 rings (SSSR count). The first-order valence-corrected chi connectivity index (χ1v) is 10.2. The molecule has 0 bridgehead atoms. The summed E-state index contributed by atoms with van der Waals surface area (Å²) in [7, 11) is -3.56. The molecule has 0 aliphatic rings. The van der Waals surface area contributed by atoms with Crippen LogP contribution in [0.3, 0.4) is 0 Å². The number of benzene rings is 1. The number of rotatable bonds is 5. The Labute approximate surface area is 157 Å². The summed E-state index contributed by atoms with van der Waals surface area (Å²) in [5.41, 5.74) is -0.971. The molecule has 0 aliphatic heterocycles. The molecule has 142 valence electrons. The molecule has 0 radical (unpaired) electrons. The monoisotopic (exact) mass is 426 g/mol. The SMILES string of the molecule is CCCS(=O)(=O)c1csc(NC(=O)Nc2cccc(C(F)(F)F)c2)c1Cl. The van der Waals surface area contributed by atoms with Crippen LogP contribution in [0.4, 0.5) is 28.7 Å². The average Bonchev–Trinajstić information content (AvgIpc) is 2.88. The van der Waals surface area contributed by atoms with Gasteiger partial charge in [-0.1, -0.05) is 24.6 Å². The molecule has 1 heterocycles. The third-order valence-corrected chi connectivity index (χ3v) is 6.78. The van der Waals surface area contributed by atoms with Crippen molar-refractivity contribution in [3.05, 3.63) is 40.2 Å². The van der Waals surface area contributed by atoms with Crippen molar-refractivity contribution < 1.29 is 26.4 Å². The van der Waals surface area contributed by atoms with Crippen molar-refractivity contribution in [2.24, 2.45) is 0 Å². The minimum Gasteiger partial charge on any atom is -0.308 e. The van der Waals surface area contributed by atoms with Gasteiger partial charge in [0.05, 0.1) is 21.2 Å². The van der Waals surface area contributed by atoms with Gasteiger partial charge in [0.2, 0.25) is 0 Å². The van der Waals surface area contributed by atoms with Crippen molar-refractivity contribution in [3.8, 4) is 0 Å². The minimum absolute atomic E-state index is 0.0659. The lowest BCUT2D eigenvalue weighted by Gasteiger charge is -2.10. The zero-order valence-corrected chi connectivity index (χ0v) is 15.7. The Morgan fingerprint density at radius 1 is 1.27 bits per heavy atom. The maximum absolute atomic E-state index is 12.7. The predicted octanol–water partition coefficient (Wildman–Crippen LogP) is 5.25. The van der Waals surface area contributed by atoms with Gasteiger partial charge in [-0.05, 0) is 24.6 Å². The van der Waals surface area contributed by atoms with E-state index >= 15 is 0 Å². The standard InChI is InChI=1S/C15H14ClF3N2O3S2/c1-2-6-26(23,24)11-8-25-13(12(11)16)21-14(22)20-10-5-3-4-9(7-10)15(17,18)19/h3-5,7-8H,2,6H2,1H3,(H2,20,21,22). The third-order valence-electron chi connectivity index (χ3n) is 3.18. The molecule has 26 heavy (non-hydrogen) atoms. The number of hydrogen-bond donors (Lipinski definition) is 2. The van der Waals surface area contributed by atoms with Gasteiger partial charge in [0.15, 0.2) is 9.84 Å². The van der Waals surface area contributed by atoms with Crippen molar-refractivity contribution in [2.75, 3.05) is 16.4 Å². The van der Waals surface area contributed by atoms with E-state index in [1.807, 2.05) is 0 Å². The summed E-state index contributed by atoms with van der Waals surface area (Å²) in [6, 6.07) is 3.28. The summed E-state index contributed by atoms with van der Waals surface area (Å²) in [5.74, 6) is -0.0840. The van der Waals surface area contributed by atoms with E-state index in [1.165, 1.54) is 11.4 Å². The molecular formula is C15H14ClF3N2O3S2. The Balaban J connectivity index is 2.13. The van der Waals surface area contributed by atoms with Crippen molar-refractivity contribution in [2.45, 2.75) is 24.4 Å². The van der Waals surface area contributed by atoms with E-state index in [0.29, 0.717) is 6.42 Å². The highest BCUT2D eigenvalue weighted by atomic mass is 35.5. The largest absolute Gasteiger partial charge is 0.416 e. The van der Waals surface area contributed by atoms with E-state index < -0.39 is 27.6 Å². The number of carbonyl (C=O) groups excluding carboxylic acids is 1. The summed E-state index contributed by atoms with van der Waals surface area (Å²) in [6.45, 7) is 1.71. The fourth-order valence-corrected chi connectivity index (χ4v) is 5.33. The highest BCUT2D eigenvalue weighted by molar-refractivity contribution is 7.91. The molecule has 0 fully saturated rings. The van der Waals surface area contributed by atoms with Gasteiger partial charge in [0.25, 0.3) is 0 Å². The molecule has 1 aromatic carbocycles. The first-order chi connectivity index (χ1) is 12.0. The molecule has 2 amide bonds. The van der Waals surface area contributed by atoms with E-state index in [9.17, 15) is 26.4 Å².